The number of carbonyl (C=O) groups is 1. The van der Waals surface area contributed by atoms with Crippen molar-refractivity contribution in [2.45, 2.75) is 26.9 Å². The van der Waals surface area contributed by atoms with Crippen molar-refractivity contribution in [1.82, 2.24) is 4.90 Å². The van der Waals surface area contributed by atoms with Gasteiger partial charge in [0.15, 0.2) is 5.84 Å². The monoisotopic (exact) mass is 217 g/mol. The van der Waals surface area contributed by atoms with Gasteiger partial charge in [0.05, 0.1) is 12.6 Å². The number of likely N-dealkylation sites (N-methyl/N-ethyl adjacent to an activating group) is 1. The highest BCUT2D eigenvalue weighted by Gasteiger charge is 2.13. The molecule has 3 N–H and O–H groups in total. The molecule has 0 saturated carbocycles. The van der Waals surface area contributed by atoms with Crippen molar-refractivity contribution in [3.63, 3.8) is 0 Å². The van der Waals surface area contributed by atoms with Gasteiger partial charge in [-0.2, -0.15) is 0 Å². The number of carbonyl (C=O) groups excluding carboxylic acids is 1. The molecule has 0 aromatic carbocycles. The van der Waals surface area contributed by atoms with E-state index in [1.165, 1.54) is 4.90 Å². The van der Waals surface area contributed by atoms with E-state index >= 15 is 0 Å². The first-order chi connectivity index (χ1) is 7.01. The SMILES string of the molecule is CCN(CC(N)=NO)C(=O)COC(C)C. The average molecular weight is 217 g/mol. The first kappa shape index (κ1) is 13.7. The van der Waals surface area contributed by atoms with Crippen molar-refractivity contribution < 1.29 is 14.7 Å². The molecule has 0 rings (SSSR count). The number of nitrogens with zero attached hydrogens (tertiary/aromatic N) is 2. The highest BCUT2D eigenvalue weighted by Crippen LogP contribution is 1.94. The van der Waals surface area contributed by atoms with Gasteiger partial charge in [-0.3, -0.25) is 4.79 Å². The summed E-state index contributed by atoms with van der Waals surface area (Å²) < 4.78 is 5.17. The van der Waals surface area contributed by atoms with Crippen LogP contribution in [0.2, 0.25) is 0 Å². The summed E-state index contributed by atoms with van der Waals surface area (Å²) in [6.07, 6.45) is 0.0107. The van der Waals surface area contributed by atoms with Crippen LogP contribution in [0.4, 0.5) is 0 Å². The van der Waals surface area contributed by atoms with Crippen LogP contribution in [-0.2, 0) is 9.53 Å². The summed E-state index contributed by atoms with van der Waals surface area (Å²) in [4.78, 5) is 13.0. The minimum atomic E-state index is -0.169. The third kappa shape index (κ3) is 5.90. The second-order valence-corrected chi connectivity index (χ2v) is 3.36. The first-order valence-electron chi connectivity index (χ1n) is 4.87. The highest BCUT2D eigenvalue weighted by molar-refractivity contribution is 5.87. The van der Waals surface area contributed by atoms with Gasteiger partial charge >= 0.3 is 0 Å². The number of hydrogen-bond donors (Lipinski definition) is 2. The zero-order chi connectivity index (χ0) is 11.8. The maximum Gasteiger partial charge on any atom is 0.248 e. The zero-order valence-electron chi connectivity index (χ0n) is 9.43. The van der Waals surface area contributed by atoms with E-state index in [9.17, 15) is 4.79 Å². The lowest BCUT2D eigenvalue weighted by Crippen LogP contribution is -2.40. The van der Waals surface area contributed by atoms with Gasteiger partial charge in [0, 0.05) is 6.54 Å². The molecular formula is C9H19N3O3. The van der Waals surface area contributed by atoms with Gasteiger partial charge in [0.2, 0.25) is 5.91 Å². The molecule has 0 fully saturated rings. The molecule has 6 nitrogen and oxygen atoms in total. The maximum absolute atomic E-state index is 11.5. The lowest BCUT2D eigenvalue weighted by atomic mass is 10.4. The molecule has 1 amide bonds. The largest absolute Gasteiger partial charge is 0.409 e. The lowest BCUT2D eigenvalue weighted by Gasteiger charge is -2.20. The predicted octanol–water partition coefficient (Wildman–Crippen LogP) is 0.00630. The zero-order valence-corrected chi connectivity index (χ0v) is 9.43. The Balaban J connectivity index is 4.10. The topological polar surface area (TPSA) is 88.1 Å². The minimum absolute atomic E-state index is 0.00902. The summed E-state index contributed by atoms with van der Waals surface area (Å²) in [6, 6.07) is 0. The second kappa shape index (κ2) is 7.05. The fourth-order valence-electron chi connectivity index (χ4n) is 0.933. The molecule has 15 heavy (non-hydrogen) atoms. The van der Waals surface area contributed by atoms with Crippen LogP contribution in [0.25, 0.3) is 0 Å². The molecule has 0 bridgehead atoms. The van der Waals surface area contributed by atoms with E-state index in [0.717, 1.165) is 0 Å². The molecule has 0 unspecified atom stereocenters. The van der Waals surface area contributed by atoms with Gasteiger partial charge < -0.3 is 20.6 Å². The van der Waals surface area contributed by atoms with E-state index in [0.29, 0.717) is 6.54 Å². The number of amides is 1. The van der Waals surface area contributed by atoms with Crippen molar-refractivity contribution >= 4 is 11.7 Å². The molecule has 0 heterocycles. The molecule has 0 atom stereocenters. The van der Waals surface area contributed by atoms with E-state index in [4.69, 9.17) is 15.7 Å². The molecule has 6 heteroatoms. The molecule has 0 aliphatic rings. The van der Waals surface area contributed by atoms with Crippen LogP contribution in [0.5, 0.6) is 0 Å². The highest BCUT2D eigenvalue weighted by atomic mass is 16.5. The van der Waals surface area contributed by atoms with Gasteiger partial charge in [-0.15, -0.1) is 0 Å². The summed E-state index contributed by atoms with van der Waals surface area (Å²) in [5.41, 5.74) is 5.31. The van der Waals surface area contributed by atoms with Crippen molar-refractivity contribution in [3.05, 3.63) is 0 Å². The third-order valence-corrected chi connectivity index (χ3v) is 1.76. The van der Waals surface area contributed by atoms with Crippen LogP contribution in [0.15, 0.2) is 5.16 Å². The smallest absolute Gasteiger partial charge is 0.248 e. The van der Waals surface area contributed by atoms with Crippen LogP contribution in [0.3, 0.4) is 0 Å². The molecule has 88 valence electrons. The summed E-state index contributed by atoms with van der Waals surface area (Å²) in [5.74, 6) is -0.160. The maximum atomic E-state index is 11.5. The van der Waals surface area contributed by atoms with E-state index in [2.05, 4.69) is 5.16 Å². The summed E-state index contributed by atoms with van der Waals surface area (Å²) in [6.45, 7) is 6.16. The quantitative estimate of drug-likeness (QED) is 0.284. The van der Waals surface area contributed by atoms with E-state index < -0.39 is 0 Å². The van der Waals surface area contributed by atoms with Crippen LogP contribution in [-0.4, -0.2) is 47.7 Å². The Labute approximate surface area is 89.7 Å². The molecular weight excluding hydrogens is 198 g/mol. The molecule has 0 saturated heterocycles. The number of rotatable bonds is 6. The van der Waals surface area contributed by atoms with Gasteiger partial charge in [0.1, 0.15) is 6.61 Å². The molecule has 0 spiro atoms. The number of hydrogen-bond acceptors (Lipinski definition) is 4. The Kier molecular flexibility index (Phi) is 6.44. The van der Waals surface area contributed by atoms with E-state index in [1.807, 2.05) is 20.8 Å². The number of amidine groups is 1. The lowest BCUT2D eigenvalue weighted by molar-refractivity contribution is -0.136. The Hall–Kier alpha value is -1.30. The summed E-state index contributed by atoms with van der Waals surface area (Å²) >= 11 is 0. The minimum Gasteiger partial charge on any atom is -0.409 e. The van der Waals surface area contributed by atoms with E-state index in [1.54, 1.807) is 0 Å². The van der Waals surface area contributed by atoms with Crippen molar-refractivity contribution in [3.8, 4) is 0 Å². The van der Waals surface area contributed by atoms with Crippen LogP contribution in [0, 0.1) is 0 Å². The molecule has 0 radical (unpaired) electrons. The standard InChI is InChI=1S/C9H19N3O3/c1-4-12(5-8(10)11-14)9(13)6-15-7(2)3/h7,14H,4-6H2,1-3H3,(H2,10,11). The first-order valence-corrected chi connectivity index (χ1v) is 4.87. The second-order valence-electron chi connectivity index (χ2n) is 3.36. The number of nitrogens with two attached hydrogens (primary N) is 1. The molecule has 0 aliphatic heterocycles. The average Bonchev–Trinajstić information content (AvgIpc) is 2.21. The van der Waals surface area contributed by atoms with Crippen LogP contribution >= 0.6 is 0 Å². The number of oxime groups is 1. The summed E-state index contributed by atoms with van der Waals surface area (Å²) in [5, 5.41) is 11.2. The van der Waals surface area contributed by atoms with Crippen molar-refractivity contribution in [2.75, 3.05) is 19.7 Å². The Morgan fingerprint density at radius 3 is 2.60 bits per heavy atom. The predicted molar refractivity (Wildman–Crippen MR) is 56.8 cm³/mol. The fraction of sp³-hybridized carbons (Fsp3) is 0.778. The third-order valence-electron chi connectivity index (χ3n) is 1.76. The van der Waals surface area contributed by atoms with Crippen LogP contribution in [0.1, 0.15) is 20.8 Å². The van der Waals surface area contributed by atoms with Gasteiger partial charge in [-0.05, 0) is 20.8 Å². The normalized spacial score (nSPS) is 11.9. The Bertz CT molecular complexity index is 229. The fourth-order valence-corrected chi connectivity index (χ4v) is 0.933. The molecule has 0 aliphatic carbocycles. The number of ether oxygens (including phenoxy) is 1. The van der Waals surface area contributed by atoms with Crippen molar-refractivity contribution in [1.29, 1.82) is 0 Å². The Morgan fingerprint density at radius 2 is 2.20 bits per heavy atom. The van der Waals surface area contributed by atoms with Crippen LogP contribution < -0.4 is 5.73 Å². The van der Waals surface area contributed by atoms with Gasteiger partial charge in [-0.25, -0.2) is 0 Å². The van der Waals surface area contributed by atoms with Gasteiger partial charge in [0.25, 0.3) is 0 Å². The van der Waals surface area contributed by atoms with E-state index in [-0.39, 0.29) is 31.0 Å². The summed E-state index contributed by atoms with van der Waals surface area (Å²) in [7, 11) is 0. The van der Waals surface area contributed by atoms with Gasteiger partial charge in [-0.1, -0.05) is 5.16 Å². The Morgan fingerprint density at radius 1 is 1.60 bits per heavy atom. The molecule has 0 aromatic rings. The van der Waals surface area contributed by atoms with Crippen molar-refractivity contribution in [2.24, 2.45) is 10.9 Å². The molecule has 0 aromatic heterocycles.